The molecule has 0 aliphatic rings. The summed E-state index contributed by atoms with van der Waals surface area (Å²) in [5.41, 5.74) is 2.24. The van der Waals surface area contributed by atoms with E-state index in [0.717, 1.165) is 26.9 Å². The zero-order chi connectivity index (χ0) is 14.8. The lowest BCUT2D eigenvalue weighted by Gasteiger charge is -2.26. The maximum atomic E-state index is 10.8. The molecule has 0 aliphatic heterocycles. The van der Waals surface area contributed by atoms with Gasteiger partial charge in [-0.1, -0.05) is 30.3 Å². The molecule has 0 spiro atoms. The summed E-state index contributed by atoms with van der Waals surface area (Å²) in [6, 6.07) is 13.8. The molecule has 0 aromatic heterocycles. The minimum Gasteiger partial charge on any atom is -0.496 e. The van der Waals surface area contributed by atoms with Crippen LogP contribution in [0.4, 0.5) is 0 Å². The van der Waals surface area contributed by atoms with Crippen LogP contribution in [-0.2, 0) is 12.0 Å². The highest BCUT2D eigenvalue weighted by Crippen LogP contribution is 2.31. The standard InChI is InChI=1S/C17H19BrO2/c1-12-6-4-5-7-14(12)17(2,19)11-13-8-9-16(20-3)15(18)10-13/h4-10,19H,11H2,1-3H3. The summed E-state index contributed by atoms with van der Waals surface area (Å²) in [6.45, 7) is 3.88. The Morgan fingerprint density at radius 3 is 2.50 bits per heavy atom. The van der Waals surface area contributed by atoms with Gasteiger partial charge in [0.15, 0.2) is 0 Å². The molecular formula is C17H19BrO2. The van der Waals surface area contributed by atoms with Gasteiger partial charge in [-0.15, -0.1) is 0 Å². The second-order valence-corrected chi connectivity index (χ2v) is 6.09. The predicted molar refractivity (Wildman–Crippen MR) is 85.1 cm³/mol. The molecule has 2 aromatic carbocycles. The molecule has 1 atom stereocenters. The predicted octanol–water partition coefficient (Wildman–Crippen LogP) is 4.22. The summed E-state index contributed by atoms with van der Waals surface area (Å²) < 4.78 is 6.13. The lowest BCUT2D eigenvalue weighted by molar-refractivity contribution is 0.0569. The van der Waals surface area contributed by atoms with Crippen LogP contribution in [0.25, 0.3) is 0 Å². The Labute approximate surface area is 128 Å². The first-order valence-corrected chi connectivity index (χ1v) is 7.34. The third kappa shape index (κ3) is 3.22. The number of rotatable bonds is 4. The van der Waals surface area contributed by atoms with Gasteiger partial charge in [0.2, 0.25) is 0 Å². The molecule has 0 fully saturated rings. The van der Waals surface area contributed by atoms with E-state index >= 15 is 0 Å². The maximum Gasteiger partial charge on any atom is 0.133 e. The van der Waals surface area contributed by atoms with Gasteiger partial charge in [0.25, 0.3) is 0 Å². The normalized spacial score (nSPS) is 13.8. The van der Waals surface area contributed by atoms with E-state index < -0.39 is 5.60 Å². The molecule has 2 nitrogen and oxygen atoms in total. The summed E-state index contributed by atoms with van der Waals surface area (Å²) in [6.07, 6.45) is 0.556. The van der Waals surface area contributed by atoms with E-state index in [4.69, 9.17) is 4.74 Å². The molecule has 1 unspecified atom stereocenters. The van der Waals surface area contributed by atoms with Crippen LogP contribution in [0.15, 0.2) is 46.9 Å². The average molecular weight is 335 g/mol. The number of hydrogen-bond donors (Lipinski definition) is 1. The Bertz CT molecular complexity index is 606. The number of aryl methyl sites for hydroxylation is 1. The fourth-order valence-corrected chi connectivity index (χ4v) is 3.08. The van der Waals surface area contributed by atoms with Crippen LogP contribution in [-0.4, -0.2) is 12.2 Å². The van der Waals surface area contributed by atoms with Crippen LogP contribution in [0.2, 0.25) is 0 Å². The summed E-state index contributed by atoms with van der Waals surface area (Å²) in [4.78, 5) is 0. The van der Waals surface area contributed by atoms with Crippen molar-refractivity contribution in [3.63, 3.8) is 0 Å². The molecule has 20 heavy (non-hydrogen) atoms. The first-order chi connectivity index (χ1) is 9.44. The van der Waals surface area contributed by atoms with Crippen molar-refractivity contribution >= 4 is 15.9 Å². The van der Waals surface area contributed by atoms with Crippen molar-refractivity contribution in [2.45, 2.75) is 25.9 Å². The molecule has 0 heterocycles. The fourth-order valence-electron chi connectivity index (χ4n) is 2.49. The minimum absolute atomic E-state index is 0.556. The molecule has 3 heteroatoms. The number of benzene rings is 2. The van der Waals surface area contributed by atoms with Gasteiger partial charge in [-0.05, 0) is 58.6 Å². The largest absolute Gasteiger partial charge is 0.496 e. The summed E-state index contributed by atoms with van der Waals surface area (Å²) in [7, 11) is 1.64. The van der Waals surface area contributed by atoms with Gasteiger partial charge >= 0.3 is 0 Å². The molecule has 2 rings (SSSR count). The average Bonchev–Trinajstić information content (AvgIpc) is 2.38. The smallest absolute Gasteiger partial charge is 0.133 e. The van der Waals surface area contributed by atoms with Crippen molar-refractivity contribution < 1.29 is 9.84 Å². The van der Waals surface area contributed by atoms with Gasteiger partial charge in [0.05, 0.1) is 17.2 Å². The van der Waals surface area contributed by atoms with Crippen LogP contribution in [0.3, 0.4) is 0 Å². The fraction of sp³-hybridized carbons (Fsp3) is 0.294. The number of ether oxygens (including phenoxy) is 1. The van der Waals surface area contributed by atoms with Crippen molar-refractivity contribution in [2.24, 2.45) is 0 Å². The van der Waals surface area contributed by atoms with Gasteiger partial charge in [0.1, 0.15) is 5.75 Å². The Balaban J connectivity index is 2.28. The molecule has 0 aliphatic carbocycles. The monoisotopic (exact) mass is 334 g/mol. The number of halogens is 1. The second kappa shape index (κ2) is 5.98. The molecule has 106 valence electrons. The SMILES string of the molecule is COc1ccc(CC(C)(O)c2ccccc2C)cc1Br. The van der Waals surface area contributed by atoms with Gasteiger partial charge in [-0.25, -0.2) is 0 Å². The summed E-state index contributed by atoms with van der Waals surface area (Å²) in [5, 5.41) is 10.8. The van der Waals surface area contributed by atoms with E-state index in [2.05, 4.69) is 15.9 Å². The molecule has 1 N–H and O–H groups in total. The highest BCUT2D eigenvalue weighted by Gasteiger charge is 2.25. The highest BCUT2D eigenvalue weighted by molar-refractivity contribution is 9.10. The molecular weight excluding hydrogens is 316 g/mol. The quantitative estimate of drug-likeness (QED) is 0.907. The van der Waals surface area contributed by atoms with Crippen molar-refractivity contribution in [3.8, 4) is 5.75 Å². The number of hydrogen-bond acceptors (Lipinski definition) is 2. The zero-order valence-electron chi connectivity index (χ0n) is 12.0. The van der Waals surface area contributed by atoms with Gasteiger partial charge < -0.3 is 9.84 Å². The topological polar surface area (TPSA) is 29.5 Å². The van der Waals surface area contributed by atoms with Crippen LogP contribution >= 0.6 is 15.9 Å². The second-order valence-electron chi connectivity index (χ2n) is 5.23. The Kier molecular flexibility index (Phi) is 4.51. The number of methoxy groups -OCH3 is 1. The Morgan fingerprint density at radius 2 is 1.90 bits per heavy atom. The van der Waals surface area contributed by atoms with E-state index in [9.17, 15) is 5.11 Å². The minimum atomic E-state index is -0.890. The molecule has 0 amide bonds. The van der Waals surface area contributed by atoms with Gasteiger partial charge in [0, 0.05) is 6.42 Å². The maximum absolute atomic E-state index is 10.8. The van der Waals surface area contributed by atoms with E-state index in [1.807, 2.05) is 56.3 Å². The molecule has 0 saturated carbocycles. The van der Waals surface area contributed by atoms with Crippen LogP contribution in [0.5, 0.6) is 5.75 Å². The van der Waals surface area contributed by atoms with Gasteiger partial charge in [-0.3, -0.25) is 0 Å². The van der Waals surface area contributed by atoms with Crippen LogP contribution < -0.4 is 4.74 Å². The van der Waals surface area contributed by atoms with E-state index in [0.29, 0.717) is 6.42 Å². The van der Waals surface area contributed by atoms with E-state index in [1.54, 1.807) is 7.11 Å². The van der Waals surface area contributed by atoms with E-state index in [1.165, 1.54) is 0 Å². The first kappa shape index (κ1) is 15.1. The van der Waals surface area contributed by atoms with Crippen LogP contribution in [0.1, 0.15) is 23.6 Å². The molecule has 2 aromatic rings. The third-order valence-electron chi connectivity index (χ3n) is 3.49. The van der Waals surface area contributed by atoms with Crippen LogP contribution in [0, 0.1) is 6.92 Å². The lowest BCUT2D eigenvalue weighted by Crippen LogP contribution is -2.25. The third-order valence-corrected chi connectivity index (χ3v) is 4.11. The molecule has 0 saturated heterocycles. The molecule has 0 radical (unpaired) electrons. The van der Waals surface area contributed by atoms with Gasteiger partial charge in [-0.2, -0.15) is 0 Å². The highest BCUT2D eigenvalue weighted by atomic mass is 79.9. The first-order valence-electron chi connectivity index (χ1n) is 6.55. The summed E-state index contributed by atoms with van der Waals surface area (Å²) in [5.74, 6) is 0.796. The van der Waals surface area contributed by atoms with E-state index in [-0.39, 0.29) is 0 Å². The lowest BCUT2D eigenvalue weighted by atomic mass is 9.86. The van der Waals surface area contributed by atoms with Crippen molar-refractivity contribution in [1.82, 2.24) is 0 Å². The Morgan fingerprint density at radius 1 is 1.20 bits per heavy atom. The summed E-state index contributed by atoms with van der Waals surface area (Å²) >= 11 is 3.48. The number of aliphatic hydroxyl groups is 1. The Hall–Kier alpha value is -1.32. The van der Waals surface area contributed by atoms with Crippen molar-refractivity contribution in [2.75, 3.05) is 7.11 Å². The van der Waals surface area contributed by atoms with Crippen molar-refractivity contribution in [1.29, 1.82) is 0 Å². The molecule has 0 bridgehead atoms. The zero-order valence-corrected chi connectivity index (χ0v) is 13.6. The van der Waals surface area contributed by atoms with Crippen molar-refractivity contribution in [3.05, 3.63) is 63.6 Å².